The number of rotatable bonds is 5. The Bertz CT molecular complexity index is 436. The Labute approximate surface area is 126 Å². The van der Waals surface area contributed by atoms with Gasteiger partial charge >= 0.3 is 0 Å². The van der Waals surface area contributed by atoms with Gasteiger partial charge < -0.3 is 5.73 Å². The van der Waals surface area contributed by atoms with Crippen LogP contribution in [0.2, 0.25) is 0 Å². The molecule has 118 valence electrons. The van der Waals surface area contributed by atoms with Crippen molar-refractivity contribution in [3.63, 3.8) is 0 Å². The van der Waals surface area contributed by atoms with Crippen LogP contribution in [0.4, 0.5) is 8.78 Å². The van der Waals surface area contributed by atoms with Gasteiger partial charge in [-0.1, -0.05) is 13.3 Å². The summed E-state index contributed by atoms with van der Waals surface area (Å²) in [5.74, 6) is -0.240. The molecule has 0 bridgehead atoms. The van der Waals surface area contributed by atoms with Crippen LogP contribution in [0.15, 0.2) is 18.2 Å². The molecule has 1 aliphatic rings. The maximum Gasteiger partial charge on any atom is 0.126 e. The molecular weight excluding hydrogens is 270 g/mol. The molecule has 4 heteroatoms. The van der Waals surface area contributed by atoms with E-state index in [-0.39, 0.29) is 6.04 Å². The summed E-state index contributed by atoms with van der Waals surface area (Å²) in [7, 11) is 2.03. The Kier molecular flexibility index (Phi) is 5.71. The highest BCUT2D eigenvalue weighted by Gasteiger charge is 2.28. The van der Waals surface area contributed by atoms with E-state index in [4.69, 9.17) is 5.73 Å². The van der Waals surface area contributed by atoms with Crippen molar-refractivity contribution in [2.24, 2.45) is 11.7 Å². The van der Waals surface area contributed by atoms with Crippen LogP contribution in [-0.4, -0.2) is 24.5 Å². The molecule has 2 N–H and O–H groups in total. The van der Waals surface area contributed by atoms with Gasteiger partial charge in [0.25, 0.3) is 0 Å². The number of likely N-dealkylation sites (N-methyl/N-ethyl adjacent to an activating group) is 1. The monoisotopic (exact) mass is 296 g/mol. The first-order valence-corrected chi connectivity index (χ1v) is 7.93. The highest BCUT2D eigenvalue weighted by atomic mass is 19.1. The van der Waals surface area contributed by atoms with Crippen LogP contribution in [0.1, 0.15) is 50.6 Å². The Morgan fingerprint density at radius 2 is 1.71 bits per heavy atom. The Balaban J connectivity index is 2.09. The van der Waals surface area contributed by atoms with E-state index >= 15 is 0 Å². The third kappa shape index (κ3) is 4.01. The van der Waals surface area contributed by atoms with Crippen LogP contribution in [0.3, 0.4) is 0 Å². The minimum atomic E-state index is -0.536. The van der Waals surface area contributed by atoms with Crippen LogP contribution >= 0.6 is 0 Å². The van der Waals surface area contributed by atoms with Gasteiger partial charge in [0, 0.05) is 24.7 Å². The van der Waals surface area contributed by atoms with E-state index in [1.165, 1.54) is 31.4 Å². The van der Waals surface area contributed by atoms with Gasteiger partial charge in [0.1, 0.15) is 11.6 Å². The molecule has 1 atom stereocenters. The SMILES string of the molecule is CCC1CCC(N(C)C(CN)c2cc(F)cc(F)c2)CC1. The van der Waals surface area contributed by atoms with Crippen molar-refractivity contribution in [3.05, 3.63) is 35.4 Å². The van der Waals surface area contributed by atoms with Crippen LogP contribution in [0.25, 0.3) is 0 Å². The summed E-state index contributed by atoms with van der Waals surface area (Å²) in [5, 5.41) is 0. The summed E-state index contributed by atoms with van der Waals surface area (Å²) in [6, 6.07) is 4.03. The zero-order valence-electron chi connectivity index (χ0n) is 13.0. The standard InChI is InChI=1S/C17H26F2N2/c1-3-12-4-6-16(7-5-12)21(2)17(11-20)13-8-14(18)10-15(19)9-13/h8-10,12,16-17H,3-7,11,20H2,1-2H3. The van der Waals surface area contributed by atoms with Gasteiger partial charge in [-0.2, -0.15) is 0 Å². The van der Waals surface area contributed by atoms with Crippen molar-refractivity contribution >= 4 is 0 Å². The van der Waals surface area contributed by atoms with E-state index in [0.29, 0.717) is 18.2 Å². The molecule has 1 aromatic rings. The van der Waals surface area contributed by atoms with Crippen LogP contribution in [-0.2, 0) is 0 Å². The molecule has 0 aliphatic heterocycles. The smallest absolute Gasteiger partial charge is 0.126 e. The molecule has 0 heterocycles. The minimum absolute atomic E-state index is 0.127. The molecule has 1 saturated carbocycles. The van der Waals surface area contributed by atoms with E-state index in [0.717, 1.165) is 24.8 Å². The largest absolute Gasteiger partial charge is 0.329 e. The number of halogens is 2. The van der Waals surface area contributed by atoms with Crippen molar-refractivity contribution in [2.75, 3.05) is 13.6 Å². The predicted octanol–water partition coefficient (Wildman–Crippen LogP) is 3.87. The highest BCUT2D eigenvalue weighted by Crippen LogP contribution is 2.32. The Morgan fingerprint density at radius 1 is 1.14 bits per heavy atom. The van der Waals surface area contributed by atoms with E-state index < -0.39 is 11.6 Å². The topological polar surface area (TPSA) is 29.3 Å². The summed E-state index contributed by atoms with van der Waals surface area (Å²) in [6.07, 6.45) is 6.00. The first-order chi connectivity index (χ1) is 10.0. The lowest BCUT2D eigenvalue weighted by molar-refractivity contribution is 0.121. The summed E-state index contributed by atoms with van der Waals surface area (Å²) >= 11 is 0. The molecule has 0 saturated heterocycles. The number of hydrogen-bond acceptors (Lipinski definition) is 2. The third-order valence-corrected chi connectivity index (χ3v) is 4.95. The molecule has 1 aromatic carbocycles. The third-order valence-electron chi connectivity index (χ3n) is 4.95. The summed E-state index contributed by atoms with van der Waals surface area (Å²) < 4.78 is 26.9. The van der Waals surface area contributed by atoms with Gasteiger partial charge in [-0.25, -0.2) is 8.78 Å². The fourth-order valence-corrected chi connectivity index (χ4v) is 3.52. The number of nitrogens with zero attached hydrogens (tertiary/aromatic N) is 1. The van der Waals surface area contributed by atoms with E-state index in [1.807, 2.05) is 7.05 Å². The first-order valence-electron chi connectivity index (χ1n) is 7.93. The second kappa shape index (κ2) is 7.32. The van der Waals surface area contributed by atoms with Crippen molar-refractivity contribution in [2.45, 2.75) is 51.1 Å². The van der Waals surface area contributed by atoms with E-state index in [1.54, 1.807) is 0 Å². The van der Waals surface area contributed by atoms with Crippen LogP contribution < -0.4 is 5.73 Å². The summed E-state index contributed by atoms with van der Waals surface area (Å²) in [6.45, 7) is 2.61. The molecule has 0 amide bonds. The number of benzene rings is 1. The van der Waals surface area contributed by atoms with Crippen molar-refractivity contribution in [1.82, 2.24) is 4.90 Å². The molecule has 2 rings (SSSR count). The average molecular weight is 296 g/mol. The lowest BCUT2D eigenvalue weighted by Gasteiger charge is -2.39. The average Bonchev–Trinajstić information content (AvgIpc) is 2.47. The van der Waals surface area contributed by atoms with Crippen molar-refractivity contribution < 1.29 is 8.78 Å². The number of hydrogen-bond donors (Lipinski definition) is 1. The predicted molar refractivity (Wildman–Crippen MR) is 82.0 cm³/mol. The molecule has 1 fully saturated rings. The Hall–Kier alpha value is -1.00. The fourth-order valence-electron chi connectivity index (χ4n) is 3.52. The summed E-state index contributed by atoms with van der Waals surface area (Å²) in [5.41, 5.74) is 6.51. The molecule has 0 aromatic heterocycles. The molecule has 21 heavy (non-hydrogen) atoms. The van der Waals surface area contributed by atoms with Crippen molar-refractivity contribution in [3.8, 4) is 0 Å². The number of nitrogens with two attached hydrogens (primary N) is 1. The highest BCUT2D eigenvalue weighted by molar-refractivity contribution is 5.22. The maximum atomic E-state index is 13.4. The van der Waals surface area contributed by atoms with Crippen LogP contribution in [0, 0.1) is 17.6 Å². The minimum Gasteiger partial charge on any atom is -0.329 e. The lowest BCUT2D eigenvalue weighted by Crippen LogP contribution is -2.40. The van der Waals surface area contributed by atoms with Gasteiger partial charge in [-0.15, -0.1) is 0 Å². The van der Waals surface area contributed by atoms with Gasteiger partial charge in [-0.3, -0.25) is 4.90 Å². The molecule has 2 nitrogen and oxygen atoms in total. The first kappa shape index (κ1) is 16.4. The second-order valence-electron chi connectivity index (χ2n) is 6.20. The zero-order chi connectivity index (χ0) is 15.4. The van der Waals surface area contributed by atoms with Crippen LogP contribution in [0.5, 0.6) is 0 Å². The molecular formula is C17H26F2N2. The Morgan fingerprint density at radius 3 is 2.19 bits per heavy atom. The maximum absolute atomic E-state index is 13.4. The zero-order valence-corrected chi connectivity index (χ0v) is 13.0. The molecule has 1 unspecified atom stereocenters. The quantitative estimate of drug-likeness (QED) is 0.894. The fraction of sp³-hybridized carbons (Fsp3) is 0.647. The molecule has 1 aliphatic carbocycles. The van der Waals surface area contributed by atoms with E-state index in [2.05, 4.69) is 11.8 Å². The van der Waals surface area contributed by atoms with Gasteiger partial charge in [-0.05, 0) is 56.3 Å². The second-order valence-corrected chi connectivity index (χ2v) is 6.20. The summed E-state index contributed by atoms with van der Waals surface area (Å²) in [4.78, 5) is 2.21. The van der Waals surface area contributed by atoms with E-state index in [9.17, 15) is 8.78 Å². The van der Waals surface area contributed by atoms with Crippen molar-refractivity contribution in [1.29, 1.82) is 0 Å². The molecule has 0 radical (unpaired) electrons. The van der Waals surface area contributed by atoms with Gasteiger partial charge in [0.15, 0.2) is 0 Å². The van der Waals surface area contributed by atoms with Gasteiger partial charge in [0.05, 0.1) is 0 Å². The van der Waals surface area contributed by atoms with Gasteiger partial charge in [0.2, 0.25) is 0 Å². The molecule has 0 spiro atoms. The normalized spacial score (nSPS) is 24.3. The lowest BCUT2D eigenvalue weighted by atomic mass is 9.83.